The molecule has 1 aromatic carbocycles. The molecule has 0 heterocycles. The minimum atomic E-state index is -0.129. The maximum Gasteiger partial charge on any atom is 0.119 e. The van der Waals surface area contributed by atoms with Crippen molar-refractivity contribution < 1.29 is 4.74 Å². The lowest BCUT2D eigenvalue weighted by atomic mass is 9.76. The van der Waals surface area contributed by atoms with Gasteiger partial charge in [0.25, 0.3) is 0 Å². The van der Waals surface area contributed by atoms with Crippen LogP contribution in [0.2, 0.25) is 0 Å². The molecule has 3 heteroatoms. The fourth-order valence-corrected chi connectivity index (χ4v) is 2.80. The number of nitrogens with one attached hydrogen (secondary N) is 1. The van der Waals surface area contributed by atoms with E-state index in [1.54, 1.807) is 7.11 Å². The van der Waals surface area contributed by atoms with Crippen LogP contribution in [0.4, 0.5) is 0 Å². The molecule has 0 aromatic heterocycles. The minimum absolute atomic E-state index is 0.129. The molecule has 1 aliphatic rings. The van der Waals surface area contributed by atoms with E-state index in [0.29, 0.717) is 6.54 Å². The molecule has 18 heavy (non-hydrogen) atoms. The van der Waals surface area contributed by atoms with Crippen LogP contribution in [0.3, 0.4) is 0 Å². The molecule has 0 bridgehead atoms. The molecule has 1 aliphatic carbocycles. The Bertz CT molecular complexity index is 431. The predicted octanol–water partition coefficient (Wildman–Crippen LogP) is 1.96. The van der Waals surface area contributed by atoms with Gasteiger partial charge in [-0.15, -0.1) is 6.58 Å². The number of hydrogen-bond donors (Lipinski definition) is 2. The van der Waals surface area contributed by atoms with Crippen LogP contribution >= 0.6 is 0 Å². The largest absolute Gasteiger partial charge is 0.497 e. The highest BCUT2D eigenvalue weighted by atomic mass is 16.5. The molecule has 3 N–H and O–H groups in total. The first-order valence-corrected chi connectivity index (χ1v) is 6.49. The zero-order chi connectivity index (χ0) is 13.0. The molecule has 0 aliphatic heterocycles. The summed E-state index contributed by atoms with van der Waals surface area (Å²) in [4.78, 5) is 0. The summed E-state index contributed by atoms with van der Waals surface area (Å²) >= 11 is 0. The zero-order valence-corrected chi connectivity index (χ0v) is 11.0. The van der Waals surface area contributed by atoms with Crippen molar-refractivity contribution in [2.75, 3.05) is 20.2 Å². The Kier molecular flexibility index (Phi) is 4.04. The van der Waals surface area contributed by atoms with E-state index in [1.165, 1.54) is 17.5 Å². The van der Waals surface area contributed by atoms with Crippen LogP contribution < -0.4 is 15.8 Å². The Morgan fingerprint density at radius 1 is 1.56 bits per heavy atom. The molecule has 0 spiro atoms. The monoisotopic (exact) mass is 246 g/mol. The highest BCUT2D eigenvalue weighted by Gasteiger charge is 2.34. The van der Waals surface area contributed by atoms with Crippen molar-refractivity contribution in [2.24, 2.45) is 5.73 Å². The average Bonchev–Trinajstić information content (AvgIpc) is 2.44. The Labute approximate surface area is 109 Å². The predicted molar refractivity (Wildman–Crippen MR) is 74.9 cm³/mol. The number of methoxy groups -OCH3 is 1. The van der Waals surface area contributed by atoms with Gasteiger partial charge in [-0.25, -0.2) is 0 Å². The van der Waals surface area contributed by atoms with Gasteiger partial charge < -0.3 is 15.8 Å². The van der Waals surface area contributed by atoms with E-state index in [9.17, 15) is 0 Å². The Hall–Kier alpha value is -1.32. The van der Waals surface area contributed by atoms with Crippen LogP contribution in [0.1, 0.15) is 24.0 Å². The van der Waals surface area contributed by atoms with Gasteiger partial charge in [-0.3, -0.25) is 0 Å². The van der Waals surface area contributed by atoms with Crippen LogP contribution in [0.5, 0.6) is 5.75 Å². The fourth-order valence-electron chi connectivity index (χ4n) is 2.80. The normalized spacial score (nSPS) is 22.3. The summed E-state index contributed by atoms with van der Waals surface area (Å²) in [6, 6.07) is 6.31. The summed E-state index contributed by atoms with van der Waals surface area (Å²) in [5, 5.41) is 3.54. The van der Waals surface area contributed by atoms with Crippen LogP contribution in [-0.2, 0) is 12.0 Å². The molecule has 2 rings (SSSR count). The van der Waals surface area contributed by atoms with E-state index < -0.39 is 0 Å². The van der Waals surface area contributed by atoms with E-state index in [1.807, 2.05) is 12.1 Å². The Morgan fingerprint density at radius 3 is 3.06 bits per heavy atom. The maximum atomic E-state index is 6.05. The van der Waals surface area contributed by atoms with Crippen molar-refractivity contribution >= 4 is 0 Å². The quantitative estimate of drug-likeness (QED) is 0.781. The standard InChI is InChI=1S/C15H22N2O/c1-3-9-17-15(11-16)8-4-5-12-6-7-13(18-2)10-14(12)15/h3,6-7,10,17H,1,4-5,8-9,11,16H2,2H3. The smallest absolute Gasteiger partial charge is 0.119 e. The highest BCUT2D eigenvalue weighted by molar-refractivity contribution is 5.42. The van der Waals surface area contributed by atoms with Gasteiger partial charge in [0.1, 0.15) is 5.75 Å². The number of hydrogen-bond acceptors (Lipinski definition) is 3. The molecule has 0 saturated heterocycles. The van der Waals surface area contributed by atoms with Gasteiger partial charge in [0.2, 0.25) is 0 Å². The molecular formula is C15H22N2O. The summed E-state index contributed by atoms with van der Waals surface area (Å²) < 4.78 is 5.33. The lowest BCUT2D eigenvalue weighted by Crippen LogP contribution is -2.50. The van der Waals surface area contributed by atoms with Gasteiger partial charge in [0, 0.05) is 13.1 Å². The first kappa shape index (κ1) is 13.1. The average molecular weight is 246 g/mol. The van der Waals surface area contributed by atoms with Gasteiger partial charge >= 0.3 is 0 Å². The van der Waals surface area contributed by atoms with Crippen LogP contribution in [-0.4, -0.2) is 20.2 Å². The number of ether oxygens (including phenoxy) is 1. The van der Waals surface area contributed by atoms with E-state index in [0.717, 1.165) is 25.1 Å². The summed E-state index contributed by atoms with van der Waals surface area (Å²) in [6.07, 6.45) is 5.24. The third-order valence-corrected chi connectivity index (χ3v) is 3.82. The molecule has 1 aromatic rings. The van der Waals surface area contributed by atoms with Crippen molar-refractivity contribution in [3.05, 3.63) is 42.0 Å². The lowest BCUT2D eigenvalue weighted by molar-refractivity contribution is 0.302. The first-order chi connectivity index (χ1) is 8.75. The summed E-state index contributed by atoms with van der Waals surface area (Å²) in [5.74, 6) is 0.897. The molecule has 0 saturated carbocycles. The fraction of sp³-hybridized carbons (Fsp3) is 0.467. The SMILES string of the molecule is C=CCNC1(CN)CCCc2ccc(OC)cc21. The number of benzene rings is 1. The van der Waals surface area contributed by atoms with Crippen molar-refractivity contribution in [3.63, 3.8) is 0 Å². The van der Waals surface area contributed by atoms with Gasteiger partial charge in [-0.05, 0) is 42.5 Å². The lowest BCUT2D eigenvalue weighted by Gasteiger charge is -2.39. The first-order valence-electron chi connectivity index (χ1n) is 6.49. The molecule has 0 radical (unpaired) electrons. The number of aryl methyl sites for hydroxylation is 1. The third-order valence-electron chi connectivity index (χ3n) is 3.82. The van der Waals surface area contributed by atoms with Crippen molar-refractivity contribution in [3.8, 4) is 5.75 Å². The van der Waals surface area contributed by atoms with Crippen molar-refractivity contribution in [1.29, 1.82) is 0 Å². The van der Waals surface area contributed by atoms with Gasteiger partial charge in [-0.2, -0.15) is 0 Å². The third kappa shape index (κ3) is 2.28. The molecule has 1 unspecified atom stereocenters. The second-order valence-corrected chi connectivity index (χ2v) is 4.83. The number of fused-ring (bicyclic) bond motifs is 1. The Morgan fingerprint density at radius 2 is 2.39 bits per heavy atom. The van der Waals surface area contributed by atoms with Crippen LogP contribution in [0.25, 0.3) is 0 Å². The second kappa shape index (κ2) is 5.55. The van der Waals surface area contributed by atoms with E-state index in [-0.39, 0.29) is 5.54 Å². The number of rotatable bonds is 5. The summed E-state index contributed by atoms with van der Waals surface area (Å²) in [7, 11) is 1.70. The van der Waals surface area contributed by atoms with E-state index in [2.05, 4.69) is 24.0 Å². The molecule has 0 amide bonds. The van der Waals surface area contributed by atoms with Crippen molar-refractivity contribution in [2.45, 2.75) is 24.8 Å². The van der Waals surface area contributed by atoms with E-state index >= 15 is 0 Å². The van der Waals surface area contributed by atoms with Crippen LogP contribution in [0.15, 0.2) is 30.9 Å². The topological polar surface area (TPSA) is 47.3 Å². The van der Waals surface area contributed by atoms with Gasteiger partial charge in [0.15, 0.2) is 0 Å². The minimum Gasteiger partial charge on any atom is -0.497 e. The maximum absolute atomic E-state index is 6.05. The molecule has 98 valence electrons. The molecule has 1 atom stereocenters. The molecular weight excluding hydrogens is 224 g/mol. The van der Waals surface area contributed by atoms with Gasteiger partial charge in [-0.1, -0.05) is 12.1 Å². The second-order valence-electron chi connectivity index (χ2n) is 4.83. The van der Waals surface area contributed by atoms with Gasteiger partial charge in [0.05, 0.1) is 12.6 Å². The van der Waals surface area contributed by atoms with E-state index in [4.69, 9.17) is 10.5 Å². The van der Waals surface area contributed by atoms with Crippen LogP contribution in [0, 0.1) is 0 Å². The number of nitrogens with two attached hydrogens (primary N) is 1. The molecule has 3 nitrogen and oxygen atoms in total. The molecule has 0 fully saturated rings. The summed E-state index contributed by atoms with van der Waals surface area (Å²) in [5.41, 5.74) is 8.59. The zero-order valence-electron chi connectivity index (χ0n) is 11.0. The highest BCUT2D eigenvalue weighted by Crippen LogP contribution is 2.36. The Balaban J connectivity index is 2.42. The van der Waals surface area contributed by atoms with Crippen molar-refractivity contribution in [1.82, 2.24) is 5.32 Å². The summed E-state index contributed by atoms with van der Waals surface area (Å²) in [6.45, 7) is 5.14.